The Morgan fingerprint density at radius 1 is 1.37 bits per heavy atom. The largest absolute Gasteiger partial charge is 0.372 e. The van der Waals surface area contributed by atoms with Gasteiger partial charge in [0.25, 0.3) is 0 Å². The van der Waals surface area contributed by atoms with Crippen LogP contribution in [0.4, 0.5) is 0 Å². The average Bonchev–Trinajstić information content (AvgIpc) is 2.32. The van der Waals surface area contributed by atoms with E-state index in [-0.39, 0.29) is 11.5 Å². The molecule has 0 aromatic rings. The normalized spacial score (nSPS) is 20.6. The van der Waals surface area contributed by atoms with E-state index in [4.69, 9.17) is 10.5 Å². The molecule has 19 heavy (non-hydrogen) atoms. The van der Waals surface area contributed by atoms with E-state index >= 15 is 0 Å². The van der Waals surface area contributed by atoms with Gasteiger partial charge >= 0.3 is 0 Å². The van der Waals surface area contributed by atoms with Crippen LogP contribution in [0, 0.1) is 11.8 Å². The highest BCUT2D eigenvalue weighted by molar-refractivity contribution is 5.76. The third-order valence-electron chi connectivity index (χ3n) is 3.99. The van der Waals surface area contributed by atoms with Gasteiger partial charge in [-0.3, -0.25) is 4.79 Å². The van der Waals surface area contributed by atoms with E-state index in [2.05, 4.69) is 13.8 Å². The fourth-order valence-corrected chi connectivity index (χ4v) is 2.72. The van der Waals surface area contributed by atoms with E-state index in [1.54, 1.807) is 0 Å². The molecule has 1 saturated heterocycles. The minimum atomic E-state index is -0.206. The Kier molecular flexibility index (Phi) is 6.27. The Bertz CT molecular complexity index is 290. The zero-order chi connectivity index (χ0) is 14.5. The maximum atomic E-state index is 12.3. The molecule has 1 fully saturated rings. The molecule has 1 atom stereocenters. The average molecular weight is 270 g/mol. The molecule has 112 valence electrons. The van der Waals surface area contributed by atoms with E-state index in [0.29, 0.717) is 38.0 Å². The fourth-order valence-electron chi connectivity index (χ4n) is 2.72. The van der Waals surface area contributed by atoms with Crippen molar-refractivity contribution in [3.8, 4) is 0 Å². The van der Waals surface area contributed by atoms with Gasteiger partial charge in [-0.15, -0.1) is 0 Å². The molecule has 1 aliphatic rings. The Balaban J connectivity index is 2.41. The summed E-state index contributed by atoms with van der Waals surface area (Å²) >= 11 is 0. The van der Waals surface area contributed by atoms with Crippen molar-refractivity contribution in [1.29, 1.82) is 0 Å². The molecule has 0 aromatic carbocycles. The zero-order valence-corrected chi connectivity index (χ0v) is 12.9. The van der Waals surface area contributed by atoms with E-state index in [0.717, 1.165) is 19.4 Å². The number of nitrogens with zero attached hydrogens (tertiary/aromatic N) is 1. The Labute approximate surface area is 117 Å². The van der Waals surface area contributed by atoms with Crippen molar-refractivity contribution in [1.82, 2.24) is 4.90 Å². The van der Waals surface area contributed by atoms with Gasteiger partial charge in [0.1, 0.15) is 0 Å². The second-order valence-electron chi connectivity index (χ2n) is 6.54. The molecular formula is C15H30N2O2. The maximum Gasteiger partial charge on any atom is 0.222 e. The van der Waals surface area contributed by atoms with E-state index in [9.17, 15) is 4.79 Å². The highest BCUT2D eigenvalue weighted by Gasteiger charge is 2.30. The third kappa shape index (κ3) is 5.49. The molecule has 0 radical (unpaired) electrons. The second kappa shape index (κ2) is 7.25. The quantitative estimate of drug-likeness (QED) is 0.803. The molecule has 1 unspecified atom stereocenters. The minimum absolute atomic E-state index is 0.206. The van der Waals surface area contributed by atoms with Gasteiger partial charge in [-0.2, -0.15) is 0 Å². The lowest BCUT2D eigenvalue weighted by molar-refractivity contribution is -0.146. The summed E-state index contributed by atoms with van der Waals surface area (Å²) in [5.74, 6) is 1.42. The molecule has 0 bridgehead atoms. The fraction of sp³-hybridized carbons (Fsp3) is 0.933. The number of morpholine rings is 1. The molecule has 4 heteroatoms. The smallest absolute Gasteiger partial charge is 0.222 e. The van der Waals surface area contributed by atoms with Crippen molar-refractivity contribution in [2.75, 3.05) is 26.2 Å². The number of rotatable bonds is 6. The van der Waals surface area contributed by atoms with Gasteiger partial charge in [-0.1, -0.05) is 13.8 Å². The molecule has 0 aliphatic carbocycles. The molecule has 1 heterocycles. The molecule has 1 amide bonds. The van der Waals surface area contributed by atoms with Crippen LogP contribution in [0.5, 0.6) is 0 Å². The first-order valence-electron chi connectivity index (χ1n) is 7.47. The van der Waals surface area contributed by atoms with Crippen LogP contribution in [0.3, 0.4) is 0 Å². The van der Waals surface area contributed by atoms with Crippen molar-refractivity contribution in [2.45, 2.75) is 52.6 Å². The lowest BCUT2D eigenvalue weighted by Gasteiger charge is -2.38. The summed E-state index contributed by atoms with van der Waals surface area (Å²) in [5, 5.41) is 0. The summed E-state index contributed by atoms with van der Waals surface area (Å²) < 4.78 is 5.64. The summed E-state index contributed by atoms with van der Waals surface area (Å²) in [5.41, 5.74) is 5.43. The van der Waals surface area contributed by atoms with Crippen LogP contribution >= 0.6 is 0 Å². The number of amides is 1. The van der Waals surface area contributed by atoms with E-state index in [1.807, 2.05) is 18.7 Å². The minimum Gasteiger partial charge on any atom is -0.372 e. The van der Waals surface area contributed by atoms with Crippen LogP contribution in [-0.2, 0) is 9.53 Å². The van der Waals surface area contributed by atoms with Gasteiger partial charge in [-0.25, -0.2) is 0 Å². The van der Waals surface area contributed by atoms with E-state index < -0.39 is 0 Å². The summed E-state index contributed by atoms with van der Waals surface area (Å²) in [4.78, 5) is 14.2. The van der Waals surface area contributed by atoms with Crippen LogP contribution in [-0.4, -0.2) is 42.6 Å². The van der Waals surface area contributed by atoms with Crippen molar-refractivity contribution >= 4 is 5.91 Å². The summed E-state index contributed by atoms with van der Waals surface area (Å²) in [6.45, 7) is 11.3. The number of ether oxygens (including phenoxy) is 1. The van der Waals surface area contributed by atoms with Gasteiger partial charge in [0.2, 0.25) is 5.91 Å². The predicted molar refractivity (Wildman–Crippen MR) is 77.8 cm³/mol. The number of carbonyl (C=O) groups is 1. The van der Waals surface area contributed by atoms with Gasteiger partial charge in [-0.05, 0) is 45.1 Å². The molecule has 4 nitrogen and oxygen atoms in total. The Hall–Kier alpha value is -0.610. The zero-order valence-electron chi connectivity index (χ0n) is 12.9. The molecule has 0 saturated carbocycles. The molecule has 1 rings (SSSR count). The highest BCUT2D eigenvalue weighted by Crippen LogP contribution is 2.22. The first-order chi connectivity index (χ1) is 8.85. The van der Waals surface area contributed by atoms with Crippen molar-refractivity contribution in [2.24, 2.45) is 17.6 Å². The predicted octanol–water partition coefficient (Wildman–Crippen LogP) is 2.02. The van der Waals surface area contributed by atoms with Crippen molar-refractivity contribution in [3.63, 3.8) is 0 Å². The molecule has 2 N–H and O–H groups in total. The molecule has 1 aliphatic heterocycles. The standard InChI is InChI=1S/C15H30N2O2/c1-12(2)13(7-8-16)5-6-14(18)17-9-10-19-15(3,4)11-17/h12-13H,5-11,16H2,1-4H3. The van der Waals surface area contributed by atoms with Crippen molar-refractivity contribution in [3.05, 3.63) is 0 Å². The Morgan fingerprint density at radius 3 is 2.58 bits per heavy atom. The van der Waals surface area contributed by atoms with Gasteiger partial charge in [0, 0.05) is 19.5 Å². The van der Waals surface area contributed by atoms with Crippen LogP contribution in [0.25, 0.3) is 0 Å². The lowest BCUT2D eigenvalue weighted by Crippen LogP contribution is -2.50. The van der Waals surface area contributed by atoms with Gasteiger partial charge < -0.3 is 15.4 Å². The first-order valence-corrected chi connectivity index (χ1v) is 7.47. The molecule has 0 spiro atoms. The lowest BCUT2D eigenvalue weighted by atomic mass is 9.88. The van der Waals surface area contributed by atoms with E-state index in [1.165, 1.54) is 0 Å². The molecular weight excluding hydrogens is 240 g/mol. The molecule has 0 aromatic heterocycles. The number of hydrogen-bond donors (Lipinski definition) is 1. The summed E-state index contributed by atoms with van der Waals surface area (Å²) in [7, 11) is 0. The highest BCUT2D eigenvalue weighted by atomic mass is 16.5. The van der Waals surface area contributed by atoms with Crippen LogP contribution in [0.1, 0.15) is 47.0 Å². The Morgan fingerprint density at radius 2 is 2.05 bits per heavy atom. The number of carbonyl (C=O) groups excluding carboxylic acids is 1. The van der Waals surface area contributed by atoms with Crippen LogP contribution in [0.2, 0.25) is 0 Å². The number of hydrogen-bond acceptors (Lipinski definition) is 3. The maximum absolute atomic E-state index is 12.3. The topological polar surface area (TPSA) is 55.6 Å². The van der Waals surface area contributed by atoms with Crippen LogP contribution < -0.4 is 5.73 Å². The van der Waals surface area contributed by atoms with Gasteiger partial charge in [0.15, 0.2) is 0 Å². The second-order valence-corrected chi connectivity index (χ2v) is 6.54. The van der Waals surface area contributed by atoms with Gasteiger partial charge in [0.05, 0.1) is 12.2 Å². The first kappa shape index (κ1) is 16.4. The number of nitrogens with two attached hydrogens (primary N) is 1. The monoisotopic (exact) mass is 270 g/mol. The SMILES string of the molecule is CC(C)C(CCN)CCC(=O)N1CCOC(C)(C)C1. The summed E-state index contributed by atoms with van der Waals surface area (Å²) in [6, 6.07) is 0. The summed E-state index contributed by atoms with van der Waals surface area (Å²) in [6.07, 6.45) is 2.60. The third-order valence-corrected chi connectivity index (χ3v) is 3.99. The van der Waals surface area contributed by atoms with Crippen molar-refractivity contribution < 1.29 is 9.53 Å². The van der Waals surface area contributed by atoms with Crippen LogP contribution in [0.15, 0.2) is 0 Å².